The zero-order chi connectivity index (χ0) is 28.4. The molecule has 0 spiro atoms. The van der Waals surface area contributed by atoms with Crippen molar-refractivity contribution >= 4 is 11.8 Å². The van der Waals surface area contributed by atoms with Crippen molar-refractivity contribution in [3.63, 3.8) is 0 Å². The second-order valence-electron chi connectivity index (χ2n) is 9.98. The first-order chi connectivity index (χ1) is 19.7. The van der Waals surface area contributed by atoms with Crippen LogP contribution in [0.3, 0.4) is 0 Å². The Labute approximate surface area is 240 Å². The molecule has 2 amide bonds. The third-order valence-corrected chi connectivity index (χ3v) is 6.58. The van der Waals surface area contributed by atoms with Crippen LogP contribution < -0.4 is 42.5 Å². The van der Waals surface area contributed by atoms with Crippen LogP contribution in [-0.2, 0) is 19.1 Å². The summed E-state index contributed by atoms with van der Waals surface area (Å²) >= 11 is 0. The fourth-order valence-electron chi connectivity index (χ4n) is 4.31. The molecule has 0 atom stereocenters. The van der Waals surface area contributed by atoms with Crippen molar-refractivity contribution in [2.45, 2.75) is 0 Å². The Morgan fingerprint density at radius 1 is 0.475 bits per heavy atom. The predicted octanol–water partition coefficient (Wildman–Crippen LogP) is -4.58. The summed E-state index contributed by atoms with van der Waals surface area (Å²) < 4.78 is 11.1. The second-order valence-corrected chi connectivity index (χ2v) is 9.98. The van der Waals surface area contributed by atoms with E-state index in [4.69, 9.17) is 9.47 Å². The molecule has 0 aromatic carbocycles. The number of carbonyl (C=O) groups is 2. The molecule has 0 aromatic rings. The van der Waals surface area contributed by atoms with E-state index in [1.165, 1.54) is 0 Å². The van der Waals surface area contributed by atoms with Gasteiger partial charge in [-0.2, -0.15) is 0 Å². The van der Waals surface area contributed by atoms with Crippen LogP contribution in [0, 0.1) is 0 Å². The first-order valence-electron chi connectivity index (χ1n) is 15.1. The van der Waals surface area contributed by atoms with Crippen molar-refractivity contribution in [2.75, 3.05) is 157 Å². The summed E-state index contributed by atoms with van der Waals surface area (Å²) in [5.41, 5.74) is 0. The molecular weight excluding hydrogens is 516 g/mol. The van der Waals surface area contributed by atoms with Gasteiger partial charge >= 0.3 is 0 Å². The lowest BCUT2D eigenvalue weighted by Crippen LogP contribution is -2.45. The smallest absolute Gasteiger partial charge is 0.234 e. The first-order valence-corrected chi connectivity index (χ1v) is 15.1. The molecule has 0 unspecified atom stereocenters. The lowest BCUT2D eigenvalue weighted by atomic mass is 10.4. The average molecular weight is 573 g/mol. The van der Waals surface area contributed by atoms with Crippen molar-refractivity contribution in [2.24, 2.45) is 0 Å². The molecule has 0 saturated carbocycles. The van der Waals surface area contributed by atoms with Crippen molar-refractivity contribution < 1.29 is 19.1 Å². The molecule has 0 aromatic heterocycles. The highest BCUT2D eigenvalue weighted by Gasteiger charge is 2.12. The van der Waals surface area contributed by atoms with Gasteiger partial charge < -0.3 is 52.0 Å². The van der Waals surface area contributed by atoms with Crippen molar-refractivity contribution in [1.29, 1.82) is 0 Å². The summed E-state index contributed by atoms with van der Waals surface area (Å²) in [6.07, 6.45) is 0. The van der Waals surface area contributed by atoms with E-state index in [0.717, 1.165) is 105 Å². The zero-order valence-electron chi connectivity index (χ0n) is 24.5. The Kier molecular flexibility index (Phi) is 21.9. The molecule has 234 valence electrons. The number of hydrogen-bond donors (Lipinski definition) is 8. The van der Waals surface area contributed by atoms with Crippen molar-refractivity contribution in [1.82, 2.24) is 52.3 Å². The molecule has 8 N–H and O–H groups in total. The maximum atomic E-state index is 12.3. The van der Waals surface area contributed by atoms with Gasteiger partial charge in [0.05, 0.1) is 39.5 Å². The van der Waals surface area contributed by atoms with Crippen molar-refractivity contribution in [3.05, 3.63) is 0 Å². The van der Waals surface area contributed by atoms with Crippen LogP contribution >= 0.6 is 0 Å². The third kappa shape index (κ3) is 20.4. The number of amides is 2. The van der Waals surface area contributed by atoms with E-state index in [1.54, 1.807) is 0 Å². The van der Waals surface area contributed by atoms with E-state index < -0.39 is 0 Å². The molecule has 14 heteroatoms. The van der Waals surface area contributed by atoms with Gasteiger partial charge in [-0.15, -0.1) is 0 Å². The van der Waals surface area contributed by atoms with Crippen LogP contribution in [0.4, 0.5) is 0 Å². The number of hydrogen-bond acceptors (Lipinski definition) is 12. The first kappa shape index (κ1) is 34.7. The minimum absolute atomic E-state index is 0.0157. The van der Waals surface area contributed by atoms with E-state index in [1.807, 2.05) is 0 Å². The molecule has 0 aliphatic carbocycles. The van der Waals surface area contributed by atoms with Gasteiger partial charge in [0.2, 0.25) is 11.8 Å². The summed E-state index contributed by atoms with van der Waals surface area (Å²) in [6.45, 7) is 17.9. The maximum absolute atomic E-state index is 12.3. The van der Waals surface area contributed by atoms with E-state index in [2.05, 4.69) is 52.3 Å². The Balaban J connectivity index is 1.42. The fraction of sp³-hybridized carbons (Fsp3) is 0.923. The maximum Gasteiger partial charge on any atom is 0.234 e. The van der Waals surface area contributed by atoms with E-state index in [0.29, 0.717) is 52.6 Å². The molecule has 2 aliphatic heterocycles. The van der Waals surface area contributed by atoms with Gasteiger partial charge in [0, 0.05) is 118 Å². The largest absolute Gasteiger partial charge is 0.377 e. The van der Waals surface area contributed by atoms with Crippen LogP contribution in [0.1, 0.15) is 0 Å². The minimum atomic E-state index is 0.0157. The van der Waals surface area contributed by atoms with Gasteiger partial charge in [-0.1, -0.05) is 0 Å². The van der Waals surface area contributed by atoms with Crippen LogP contribution in [0.15, 0.2) is 0 Å². The molecule has 0 radical (unpaired) electrons. The fourth-order valence-corrected chi connectivity index (χ4v) is 4.31. The molecule has 2 rings (SSSR count). The Bertz CT molecular complexity index is 558. The highest BCUT2D eigenvalue weighted by Crippen LogP contribution is 1.89. The topological polar surface area (TPSA) is 155 Å². The van der Waals surface area contributed by atoms with Crippen LogP contribution in [0.25, 0.3) is 0 Å². The lowest BCUT2D eigenvalue weighted by molar-refractivity contribution is -0.123. The van der Waals surface area contributed by atoms with E-state index in [-0.39, 0.29) is 11.8 Å². The summed E-state index contributed by atoms with van der Waals surface area (Å²) in [4.78, 5) is 29.0. The van der Waals surface area contributed by atoms with Gasteiger partial charge in [0.25, 0.3) is 0 Å². The minimum Gasteiger partial charge on any atom is -0.377 e. The van der Waals surface area contributed by atoms with Gasteiger partial charge in [-0.05, 0) is 0 Å². The highest BCUT2D eigenvalue weighted by molar-refractivity contribution is 5.78. The van der Waals surface area contributed by atoms with E-state index in [9.17, 15) is 9.59 Å². The number of ether oxygens (including phenoxy) is 2. The predicted molar refractivity (Wildman–Crippen MR) is 158 cm³/mol. The molecule has 14 nitrogen and oxygen atoms in total. The number of rotatable bonds is 13. The molecule has 40 heavy (non-hydrogen) atoms. The summed E-state index contributed by atoms with van der Waals surface area (Å²) in [6, 6.07) is 0. The average Bonchev–Trinajstić information content (AvgIpc) is 2.92. The van der Waals surface area contributed by atoms with Crippen LogP contribution in [0.5, 0.6) is 0 Å². The van der Waals surface area contributed by atoms with Gasteiger partial charge in [-0.3, -0.25) is 19.4 Å². The number of nitrogens with zero attached hydrogens (tertiary/aromatic N) is 2. The normalized spacial score (nSPS) is 20.3. The monoisotopic (exact) mass is 572 g/mol. The Hall–Kier alpha value is -1.46. The molecule has 2 heterocycles. The summed E-state index contributed by atoms with van der Waals surface area (Å²) in [7, 11) is 0. The van der Waals surface area contributed by atoms with Crippen LogP contribution in [-0.4, -0.2) is 179 Å². The second kappa shape index (κ2) is 25.3. The summed E-state index contributed by atoms with van der Waals surface area (Å²) in [5.74, 6) is 0.0313. The molecule has 2 aliphatic rings. The zero-order valence-corrected chi connectivity index (χ0v) is 24.5. The number of carbonyl (C=O) groups excluding carboxylic acids is 2. The van der Waals surface area contributed by atoms with Gasteiger partial charge in [0.1, 0.15) is 0 Å². The standard InChI is InChI=1S/C26H56N10O4/c37-25(23-35-15-9-29-5-1-27-2-6-30-10-16-35)33-13-19-39-21-22-40-20-14-34-26(38)24-36-17-11-31-7-3-28-4-8-32-12-18-36/h27-32H,1-24H2,(H,33,37)(H,34,38). The molecular formula is C26H56N10O4. The SMILES string of the molecule is O=C(CN1CCNCCNCCNCC1)NCCOCCOCCNC(=O)CN1CCNCCNCCNCC1. The van der Waals surface area contributed by atoms with Crippen LogP contribution in [0.2, 0.25) is 0 Å². The third-order valence-electron chi connectivity index (χ3n) is 6.58. The Morgan fingerprint density at radius 3 is 1.10 bits per heavy atom. The quantitative estimate of drug-likeness (QED) is 0.100. The highest BCUT2D eigenvalue weighted by atomic mass is 16.5. The van der Waals surface area contributed by atoms with Gasteiger partial charge in [0.15, 0.2) is 0 Å². The molecule has 2 fully saturated rings. The number of nitrogens with one attached hydrogen (secondary N) is 8. The molecule has 2 saturated heterocycles. The lowest BCUT2D eigenvalue weighted by Gasteiger charge is -2.23. The van der Waals surface area contributed by atoms with Gasteiger partial charge in [-0.25, -0.2) is 0 Å². The Morgan fingerprint density at radius 2 is 0.775 bits per heavy atom. The van der Waals surface area contributed by atoms with E-state index >= 15 is 0 Å². The molecule has 0 bridgehead atoms. The van der Waals surface area contributed by atoms with Crippen molar-refractivity contribution in [3.8, 4) is 0 Å². The summed E-state index contributed by atoms with van der Waals surface area (Å²) in [5, 5.41) is 26.3.